The highest BCUT2D eigenvalue weighted by atomic mass is 16.5. The third-order valence-electron chi connectivity index (χ3n) is 4.04. The lowest BCUT2D eigenvalue weighted by molar-refractivity contribution is -0.0388. The van der Waals surface area contributed by atoms with E-state index < -0.39 is 0 Å². The van der Waals surface area contributed by atoms with Crippen molar-refractivity contribution in [3.05, 3.63) is 47.5 Å². The Balaban J connectivity index is 1.65. The Morgan fingerprint density at radius 1 is 1.27 bits per heavy atom. The molecule has 1 aromatic carbocycles. The first-order valence-electron chi connectivity index (χ1n) is 7.70. The minimum absolute atomic E-state index is 0.0204. The van der Waals surface area contributed by atoms with Crippen LogP contribution in [0.1, 0.15) is 30.0 Å². The van der Waals surface area contributed by atoms with Crippen molar-refractivity contribution in [1.29, 1.82) is 0 Å². The fourth-order valence-electron chi connectivity index (χ4n) is 2.77. The molecule has 0 aliphatic carbocycles. The Morgan fingerprint density at radius 3 is 2.77 bits per heavy atom. The van der Waals surface area contributed by atoms with Gasteiger partial charge in [-0.25, -0.2) is 0 Å². The van der Waals surface area contributed by atoms with Crippen LogP contribution in [0.2, 0.25) is 0 Å². The second-order valence-corrected chi connectivity index (χ2v) is 5.54. The molecule has 1 saturated heterocycles. The zero-order valence-electron chi connectivity index (χ0n) is 12.9. The van der Waals surface area contributed by atoms with E-state index in [1.807, 2.05) is 16.7 Å². The quantitative estimate of drug-likeness (QED) is 0.903. The lowest BCUT2D eigenvalue weighted by Crippen LogP contribution is -2.38. The van der Waals surface area contributed by atoms with Gasteiger partial charge in [-0.1, -0.05) is 24.3 Å². The Bertz CT molecular complexity index is 596. The molecular weight excluding hydrogens is 280 g/mol. The molecular formula is C16H22N4O2. The number of rotatable bonds is 5. The zero-order chi connectivity index (χ0) is 15.4. The highest BCUT2D eigenvalue weighted by Crippen LogP contribution is 2.21. The van der Waals surface area contributed by atoms with E-state index in [-0.39, 0.29) is 12.7 Å². The summed E-state index contributed by atoms with van der Waals surface area (Å²) >= 11 is 0. The van der Waals surface area contributed by atoms with Crippen molar-refractivity contribution < 1.29 is 9.84 Å². The summed E-state index contributed by atoms with van der Waals surface area (Å²) in [6.07, 6.45) is 1.73. The van der Waals surface area contributed by atoms with Gasteiger partial charge in [-0.3, -0.25) is 4.90 Å². The van der Waals surface area contributed by atoms with Gasteiger partial charge < -0.3 is 14.4 Å². The smallest absolute Gasteiger partial charge is 0.163 e. The highest BCUT2D eigenvalue weighted by Gasteiger charge is 2.25. The van der Waals surface area contributed by atoms with Crippen LogP contribution in [0.15, 0.2) is 30.6 Å². The van der Waals surface area contributed by atoms with Gasteiger partial charge in [0.1, 0.15) is 12.4 Å². The van der Waals surface area contributed by atoms with Crippen molar-refractivity contribution in [2.45, 2.75) is 32.7 Å². The number of aliphatic hydroxyl groups is 1. The second kappa shape index (κ2) is 7.00. The largest absolute Gasteiger partial charge is 0.392 e. The molecule has 22 heavy (non-hydrogen) atoms. The number of morpholine rings is 1. The van der Waals surface area contributed by atoms with E-state index in [9.17, 15) is 0 Å². The van der Waals surface area contributed by atoms with Gasteiger partial charge >= 0.3 is 0 Å². The molecule has 0 spiro atoms. The van der Waals surface area contributed by atoms with Gasteiger partial charge in [-0.05, 0) is 18.1 Å². The summed E-state index contributed by atoms with van der Waals surface area (Å²) in [5.74, 6) is 0.905. The van der Waals surface area contributed by atoms with Crippen LogP contribution in [0.4, 0.5) is 0 Å². The van der Waals surface area contributed by atoms with E-state index >= 15 is 0 Å². The number of hydrogen-bond donors (Lipinski definition) is 1. The van der Waals surface area contributed by atoms with Crippen molar-refractivity contribution in [3.8, 4) is 0 Å². The number of aryl methyl sites for hydroxylation is 1. The molecule has 0 bridgehead atoms. The number of aromatic nitrogens is 3. The van der Waals surface area contributed by atoms with Gasteiger partial charge in [0.25, 0.3) is 0 Å². The van der Waals surface area contributed by atoms with E-state index in [1.54, 1.807) is 6.33 Å². The molecule has 1 aliphatic rings. The van der Waals surface area contributed by atoms with Crippen molar-refractivity contribution in [3.63, 3.8) is 0 Å². The molecule has 1 aliphatic heterocycles. The first-order chi connectivity index (χ1) is 10.8. The maximum absolute atomic E-state index is 9.10. The number of aliphatic hydroxyl groups excluding tert-OH is 1. The molecule has 1 atom stereocenters. The summed E-state index contributed by atoms with van der Waals surface area (Å²) in [5.41, 5.74) is 2.19. The van der Waals surface area contributed by atoms with Crippen LogP contribution in [-0.2, 0) is 24.4 Å². The van der Waals surface area contributed by atoms with Crippen LogP contribution in [0.25, 0.3) is 0 Å². The van der Waals surface area contributed by atoms with E-state index in [0.717, 1.165) is 37.6 Å². The summed E-state index contributed by atoms with van der Waals surface area (Å²) in [7, 11) is 0. The van der Waals surface area contributed by atoms with Gasteiger partial charge in [-0.15, -0.1) is 10.2 Å². The molecule has 0 radical (unpaired) electrons. The van der Waals surface area contributed by atoms with Crippen LogP contribution >= 0.6 is 0 Å². The molecule has 1 aromatic heterocycles. The fraction of sp³-hybridized carbons (Fsp3) is 0.500. The topological polar surface area (TPSA) is 63.4 Å². The maximum atomic E-state index is 9.10. The van der Waals surface area contributed by atoms with Crippen LogP contribution in [0.5, 0.6) is 0 Å². The number of ether oxygens (including phenoxy) is 1. The van der Waals surface area contributed by atoms with Gasteiger partial charge in [0.05, 0.1) is 13.2 Å². The summed E-state index contributed by atoms with van der Waals surface area (Å²) in [6.45, 7) is 6.34. The fourth-order valence-corrected chi connectivity index (χ4v) is 2.77. The number of nitrogens with zero attached hydrogens (tertiary/aromatic N) is 4. The van der Waals surface area contributed by atoms with E-state index in [0.29, 0.717) is 6.61 Å². The Hall–Kier alpha value is -1.76. The summed E-state index contributed by atoms with van der Waals surface area (Å²) in [6, 6.07) is 8.09. The molecule has 6 heteroatoms. The standard InChI is InChI=1S/C16H22N4O2/c1-2-20-12-17-18-16(20)15-10-19(7-8-22-15)9-13-3-5-14(11-21)6-4-13/h3-6,12,15,21H,2,7-11H2,1H3/t15-/m1/s1. The van der Waals surface area contributed by atoms with Crippen molar-refractivity contribution >= 4 is 0 Å². The molecule has 1 fully saturated rings. The predicted molar refractivity (Wildman–Crippen MR) is 82.0 cm³/mol. The predicted octanol–water partition coefficient (Wildman–Crippen LogP) is 1.36. The average Bonchev–Trinajstić information content (AvgIpc) is 3.04. The third-order valence-corrected chi connectivity index (χ3v) is 4.04. The minimum atomic E-state index is -0.0204. The first kappa shape index (κ1) is 15.1. The molecule has 0 amide bonds. The van der Waals surface area contributed by atoms with Gasteiger partial charge in [0.2, 0.25) is 0 Å². The highest BCUT2D eigenvalue weighted by molar-refractivity contribution is 5.22. The van der Waals surface area contributed by atoms with E-state index in [2.05, 4.69) is 34.2 Å². The molecule has 2 aromatic rings. The molecule has 3 rings (SSSR count). The lowest BCUT2D eigenvalue weighted by Gasteiger charge is -2.32. The van der Waals surface area contributed by atoms with Crippen LogP contribution in [0.3, 0.4) is 0 Å². The van der Waals surface area contributed by atoms with Crippen molar-refractivity contribution in [2.24, 2.45) is 0 Å². The van der Waals surface area contributed by atoms with Gasteiger partial charge in [0.15, 0.2) is 5.82 Å². The second-order valence-electron chi connectivity index (χ2n) is 5.54. The molecule has 118 valence electrons. The number of hydrogen-bond acceptors (Lipinski definition) is 5. The summed E-state index contributed by atoms with van der Waals surface area (Å²) in [4.78, 5) is 2.37. The minimum Gasteiger partial charge on any atom is -0.392 e. The first-order valence-corrected chi connectivity index (χ1v) is 7.70. The molecule has 2 heterocycles. The third kappa shape index (κ3) is 3.35. The Morgan fingerprint density at radius 2 is 2.05 bits per heavy atom. The average molecular weight is 302 g/mol. The van der Waals surface area contributed by atoms with Crippen LogP contribution in [-0.4, -0.2) is 44.5 Å². The van der Waals surface area contributed by atoms with Crippen LogP contribution in [0, 0.1) is 0 Å². The van der Waals surface area contributed by atoms with Gasteiger partial charge in [0, 0.05) is 26.2 Å². The monoisotopic (exact) mass is 302 g/mol. The molecule has 6 nitrogen and oxygen atoms in total. The lowest BCUT2D eigenvalue weighted by atomic mass is 10.1. The van der Waals surface area contributed by atoms with E-state index in [1.165, 1.54) is 5.56 Å². The van der Waals surface area contributed by atoms with Crippen LogP contribution < -0.4 is 0 Å². The summed E-state index contributed by atoms with van der Waals surface area (Å²) < 4.78 is 7.90. The van der Waals surface area contributed by atoms with E-state index in [4.69, 9.17) is 9.84 Å². The normalized spacial score (nSPS) is 19.5. The molecule has 1 N–H and O–H groups in total. The SMILES string of the molecule is CCn1cnnc1[C@H]1CN(Cc2ccc(CO)cc2)CCO1. The Kier molecular flexibility index (Phi) is 4.82. The maximum Gasteiger partial charge on any atom is 0.163 e. The molecule has 0 saturated carbocycles. The Labute approximate surface area is 130 Å². The zero-order valence-corrected chi connectivity index (χ0v) is 12.9. The molecule has 0 unspecified atom stereocenters. The van der Waals surface area contributed by atoms with Crippen molar-refractivity contribution in [2.75, 3.05) is 19.7 Å². The van der Waals surface area contributed by atoms with Gasteiger partial charge in [-0.2, -0.15) is 0 Å². The summed E-state index contributed by atoms with van der Waals surface area (Å²) in [5, 5.41) is 17.3. The number of benzene rings is 1. The van der Waals surface area contributed by atoms with Crippen molar-refractivity contribution in [1.82, 2.24) is 19.7 Å².